The summed E-state index contributed by atoms with van der Waals surface area (Å²) < 4.78 is 127. The number of methoxy groups -OCH3 is 1. The lowest BCUT2D eigenvalue weighted by Gasteiger charge is -2.37. The number of halogens is 2. The number of benzene rings is 8. The first-order valence-corrected chi connectivity index (χ1v) is 49.2. The Kier molecular flexibility index (Phi) is 28.1. The van der Waals surface area contributed by atoms with Gasteiger partial charge >= 0.3 is 0 Å². The molecule has 8 aromatic carbocycles. The Hall–Kier alpha value is -12.8. The van der Waals surface area contributed by atoms with Crippen molar-refractivity contribution in [2.45, 2.75) is 95.7 Å². The summed E-state index contributed by atoms with van der Waals surface area (Å²) in [5.74, 6) is 2.01. The summed E-state index contributed by atoms with van der Waals surface area (Å²) in [5.41, 5.74) is 7.52. The molecule has 0 aliphatic carbocycles. The van der Waals surface area contributed by atoms with Gasteiger partial charge in [0, 0.05) is 154 Å². The van der Waals surface area contributed by atoms with Crippen LogP contribution >= 0.6 is 45.9 Å². The summed E-state index contributed by atoms with van der Waals surface area (Å²) in [5, 5.41) is 14.4. The number of carbonyl (C=O) groups is 4. The molecule has 10 heterocycles. The molecule has 129 heavy (non-hydrogen) atoms. The van der Waals surface area contributed by atoms with Crippen LogP contribution in [0.1, 0.15) is 65.1 Å². The van der Waals surface area contributed by atoms with Crippen molar-refractivity contribution in [1.82, 2.24) is 34.8 Å². The van der Waals surface area contributed by atoms with Gasteiger partial charge in [-0.25, -0.2) is 63.6 Å². The van der Waals surface area contributed by atoms with E-state index in [0.717, 1.165) is 49.4 Å². The van der Waals surface area contributed by atoms with E-state index in [1.807, 2.05) is 30.3 Å². The van der Waals surface area contributed by atoms with Crippen molar-refractivity contribution in [3.8, 4) is 23.0 Å². The molecule has 0 saturated carbocycles. The third-order valence-corrected chi connectivity index (χ3v) is 29.7. The summed E-state index contributed by atoms with van der Waals surface area (Å²) in [6.07, 6.45) is 11.0. The van der Waals surface area contributed by atoms with E-state index in [1.165, 1.54) is 133 Å². The Morgan fingerprint density at radius 2 is 1.00 bits per heavy atom. The number of nitrogens with one attached hydrogen (secondary N) is 4. The Bertz CT molecular complexity index is 6490. The predicted molar refractivity (Wildman–Crippen MR) is 507 cm³/mol. The number of phenols is 1. The fraction of sp³-hybridized carbons (Fsp3) is 0.250. The number of aromatic nitrogens is 6. The van der Waals surface area contributed by atoms with Crippen molar-refractivity contribution in [2.75, 3.05) is 114 Å². The van der Waals surface area contributed by atoms with Crippen LogP contribution in [0.4, 0.5) is 56.0 Å². The zero-order valence-corrected chi connectivity index (χ0v) is 75.9. The van der Waals surface area contributed by atoms with Crippen LogP contribution in [-0.2, 0) is 65.7 Å². The normalized spacial score (nSPS) is 17.6. The summed E-state index contributed by atoms with van der Waals surface area (Å²) in [4.78, 5) is 89.1. The summed E-state index contributed by atoms with van der Waals surface area (Å²) in [6, 6.07) is 53.4. The zero-order valence-electron chi connectivity index (χ0n) is 69.5. The van der Waals surface area contributed by atoms with Crippen LogP contribution in [0.15, 0.2) is 262 Å². The van der Waals surface area contributed by atoms with Crippen LogP contribution in [0, 0.1) is 0 Å². The number of anilines is 10. The molecule has 33 nitrogen and oxygen atoms in total. The van der Waals surface area contributed by atoms with E-state index < -0.39 is 52.3 Å². The van der Waals surface area contributed by atoms with Crippen LogP contribution in [0.2, 0.25) is 10.0 Å². The molecule has 0 spiro atoms. The first-order chi connectivity index (χ1) is 62.1. The highest BCUT2D eigenvalue weighted by atomic mass is 35.5. The maximum atomic E-state index is 13.3. The molecular weight excluding hydrogens is 1810 g/mol. The summed E-state index contributed by atoms with van der Waals surface area (Å²) in [7, 11) is -13.5. The number of piperazine rings is 1. The smallest absolute Gasteiger partial charge is 0.268 e. The molecule has 4 saturated heterocycles. The third-order valence-electron chi connectivity index (χ3n) is 22.1. The van der Waals surface area contributed by atoms with Gasteiger partial charge < -0.3 is 53.6 Å². The van der Waals surface area contributed by atoms with Crippen molar-refractivity contribution in [3.05, 3.63) is 263 Å². The van der Waals surface area contributed by atoms with Gasteiger partial charge in [-0.1, -0.05) is 54.4 Å². The Labute approximate surface area is 772 Å². The Morgan fingerprint density at radius 1 is 0.512 bits per heavy atom. The second kappa shape index (κ2) is 39.9. The van der Waals surface area contributed by atoms with Crippen molar-refractivity contribution < 1.29 is 80.7 Å². The molecule has 0 radical (unpaired) electrons. The first kappa shape index (κ1) is 91.0. The monoisotopic (exact) mass is 1910 g/mol. The predicted octanol–water partition coefficient (Wildman–Crippen LogP) is 14.5. The fourth-order valence-corrected chi connectivity index (χ4v) is 21.7. The summed E-state index contributed by atoms with van der Waals surface area (Å²) in [6.45, 7) is 9.46. The molecule has 682 valence electrons. The second-order valence-electron chi connectivity index (χ2n) is 30.3. The topological polar surface area (TPSA) is 401 Å². The lowest BCUT2D eigenvalue weighted by Crippen LogP contribution is -2.52. The number of sulfonamides is 4. The van der Waals surface area contributed by atoms with E-state index >= 15 is 0 Å². The number of ether oxygens (including phenoxy) is 3. The zero-order chi connectivity index (χ0) is 90.7. The molecule has 6 aliphatic heterocycles. The van der Waals surface area contributed by atoms with Crippen LogP contribution in [-0.4, -0.2) is 188 Å². The number of carbonyl (C=O) groups excluding carboxylic acids is 4. The van der Waals surface area contributed by atoms with Crippen LogP contribution in [0.3, 0.4) is 0 Å². The summed E-state index contributed by atoms with van der Waals surface area (Å²) >= 11 is 14.8. The maximum Gasteiger partial charge on any atom is 0.268 e. The van der Waals surface area contributed by atoms with Gasteiger partial charge in [0.05, 0.1) is 26.7 Å². The number of aryl methyl sites for hydroxylation is 1. The number of hydrogen-bond acceptors (Lipinski definition) is 27. The highest BCUT2D eigenvalue weighted by Gasteiger charge is 2.43. The van der Waals surface area contributed by atoms with Crippen molar-refractivity contribution >= 4 is 166 Å². The number of thiazole rings is 2. The van der Waals surface area contributed by atoms with Crippen LogP contribution in [0.25, 0.3) is 0 Å². The van der Waals surface area contributed by atoms with Gasteiger partial charge in [-0.05, 0) is 214 Å². The first-order valence-electron chi connectivity index (χ1n) is 40.7. The van der Waals surface area contributed by atoms with Crippen molar-refractivity contribution in [2.24, 2.45) is 0 Å². The van der Waals surface area contributed by atoms with Gasteiger partial charge in [0.2, 0.25) is 11.8 Å². The molecule has 5 N–H and O–H groups in total. The third kappa shape index (κ3) is 21.5. The molecule has 0 bridgehead atoms. The molecule has 41 heteroatoms. The highest BCUT2D eigenvalue weighted by molar-refractivity contribution is 7.93. The highest BCUT2D eigenvalue weighted by Crippen LogP contribution is 2.42. The van der Waals surface area contributed by atoms with E-state index in [4.69, 9.17) is 37.4 Å². The van der Waals surface area contributed by atoms with Crippen molar-refractivity contribution in [1.29, 1.82) is 0 Å². The number of para-hydroxylation sites is 1. The molecule has 6 aliphatic rings. The number of aromatic hydroxyl groups is 1. The van der Waals surface area contributed by atoms with Crippen LogP contribution in [0.5, 0.6) is 23.0 Å². The molecule has 12 aromatic rings. The van der Waals surface area contributed by atoms with E-state index in [0.29, 0.717) is 114 Å². The van der Waals surface area contributed by atoms with Gasteiger partial charge in [-0.3, -0.25) is 38.1 Å². The van der Waals surface area contributed by atoms with Gasteiger partial charge in [0.15, 0.2) is 22.5 Å². The lowest BCUT2D eigenvalue weighted by atomic mass is 9.99. The molecule has 4 fully saturated rings. The van der Waals surface area contributed by atoms with Crippen molar-refractivity contribution in [3.63, 3.8) is 0 Å². The van der Waals surface area contributed by atoms with Crippen LogP contribution < -0.4 is 62.5 Å². The van der Waals surface area contributed by atoms with E-state index in [1.54, 1.807) is 134 Å². The van der Waals surface area contributed by atoms with Gasteiger partial charge in [-0.15, -0.1) is 22.7 Å². The Balaban J connectivity index is 0.000000199. The molecule has 3 unspecified atom stereocenters. The SMILES string of the molecule is CC(Oc1ccc(O)cc1)C(=O)N1CCN(c2ccc(S(=O)(=O)Nc3ccncn3)cc2)CC1.CC1CN([C@H]2CCN(c3ccc(S(=O)(=O)Nc4nccs4)cc3)C2=O)c2ccccc21.COc1cccc(OC2CCN(c3ccc(S(=O)(=O)Nc4nccs4)cc3)C2=O)c1Cl.O=C1[C@@H](N2CCCc3cc(Cl)ccc32)CCN1c1ccc(S(=O)(=O)Nc2ccncn2)cc1.[HH].[HH].[HH].[HH].[HH].[HH]. The maximum absolute atomic E-state index is 13.3. The van der Waals surface area contributed by atoms with Gasteiger partial charge in [-0.2, -0.15) is 0 Å². The number of rotatable bonds is 24. The lowest BCUT2D eigenvalue weighted by molar-refractivity contribution is -0.138. The average Bonchev–Trinajstić information content (AvgIpc) is 1.61. The largest absolute Gasteiger partial charge is 0.508 e. The van der Waals surface area contributed by atoms with E-state index in [-0.39, 0.29) is 86.4 Å². The minimum atomic E-state index is -3.79. The standard InChI is InChI=1S/C23H22ClN5O3S.C23H25N5O5S.C22H22N4O3S2.C20H18ClN3O5S2.6H2/c24-17-3-8-20-16(14-17)2-1-12-29(20)21-10-13-28(23(21)30)18-4-6-19(7-5-18)33(31,32)27-22-9-11-25-15-26-22;1-17(33-20-6-4-19(29)5-7-20)23(30)28-14-12-27(13-15-28)18-2-8-21(9-3-18)34(31,32)26-22-10-11-24-16-25-22;1-15-14-26(19-5-3-2-4-18(15)19)20-10-12-25(21(20)27)16-6-8-17(9-7-16)31(28,29)24-22-23-11-13-30-22;1-28-15-3-2-4-16(18(15)21)29-17-9-11-24(19(17)25)13-5-7-14(8-6-13)31(26,27)23-20-22-10-12-30-20;;;;;;/h3-9,11,14-15,21H,1-2,10,12-13H2,(H,25,26,27);2-11,16-17,29H,12-15H2,1H3,(H,24,25,26);2-9,11,13,15,20H,10,12,14H2,1H3,(H,23,24);2-8,10,12,17H,9,11H2,1H3,(H,22,23);6*1H/t21-;;15?,20-;;;;;;;/m0.0......./s1. The molecular formula is C88H99Cl2N17O16S6. The number of amides is 4. The van der Waals surface area contributed by atoms with Gasteiger partial charge in [0.1, 0.15) is 64.4 Å². The minimum Gasteiger partial charge on any atom is -0.508 e. The fourth-order valence-electron chi connectivity index (χ4n) is 15.7. The molecule has 4 aromatic heterocycles. The number of hydrogen-bond donors (Lipinski definition) is 5. The minimum absolute atomic E-state index is 0. The number of phenolic OH excluding ortho intramolecular Hbond substituents is 1. The second-order valence-corrected chi connectivity index (χ2v) is 39.6. The number of fused-ring (bicyclic) bond motifs is 2. The average molecular weight is 1910 g/mol. The Morgan fingerprint density at radius 3 is 1.50 bits per heavy atom. The van der Waals surface area contributed by atoms with Gasteiger partial charge in [0.25, 0.3) is 51.9 Å². The molecule has 4 amide bonds. The number of nitrogens with zero attached hydrogens (tertiary/aromatic N) is 13. The van der Waals surface area contributed by atoms with E-state index in [9.17, 15) is 58.0 Å². The quantitative estimate of drug-likeness (QED) is 0.0375. The molecule has 5 atom stereocenters. The van der Waals surface area contributed by atoms with E-state index in [2.05, 4.69) is 82.5 Å². The molecule has 18 rings (SSSR count).